The molecule has 1 atom stereocenters. The molecule has 1 saturated carbocycles. The first-order valence-electron chi connectivity index (χ1n) is 6.80. The second kappa shape index (κ2) is 5.91. The number of ether oxygens (including phenoxy) is 1. The van der Waals surface area contributed by atoms with Gasteiger partial charge in [0.2, 0.25) is 0 Å². The van der Waals surface area contributed by atoms with Gasteiger partial charge < -0.3 is 4.74 Å². The van der Waals surface area contributed by atoms with E-state index < -0.39 is 0 Å². The minimum absolute atomic E-state index is 0.103. The van der Waals surface area contributed by atoms with Crippen LogP contribution in [0.1, 0.15) is 42.1 Å². The van der Waals surface area contributed by atoms with E-state index in [0.29, 0.717) is 5.56 Å². The Morgan fingerprint density at radius 1 is 1.35 bits per heavy atom. The molecule has 1 aromatic carbocycles. The number of benzene rings is 1. The fourth-order valence-corrected chi connectivity index (χ4v) is 2.36. The molecular formula is C18H20O2. The molecule has 0 unspecified atom stereocenters. The van der Waals surface area contributed by atoms with E-state index in [4.69, 9.17) is 4.74 Å². The third-order valence-electron chi connectivity index (χ3n) is 3.51. The Hall–Kier alpha value is -2.09. The van der Waals surface area contributed by atoms with Crippen molar-refractivity contribution in [2.45, 2.75) is 32.3 Å². The summed E-state index contributed by atoms with van der Waals surface area (Å²) in [5.74, 6) is 0.615. The Balaban J connectivity index is 2.29. The molecule has 1 fully saturated rings. The van der Waals surface area contributed by atoms with Crippen LogP contribution in [0, 0.1) is 0 Å². The molecule has 0 saturated heterocycles. The molecule has 1 aliphatic carbocycles. The van der Waals surface area contributed by atoms with Gasteiger partial charge in [0.1, 0.15) is 11.9 Å². The normalized spacial score (nSPS) is 17.9. The standard InChI is InChI=1S/C18H20O2/c1-5-18(19)15-9-14(12(2)3)10-17(11-15)20-16-7-6-13(4)8-16/h5,9-11,16H,1-2,4,6-8H2,3H3/t16-/m0/s1. The molecule has 0 amide bonds. The van der Waals surface area contributed by atoms with Crippen molar-refractivity contribution in [1.82, 2.24) is 0 Å². The maximum absolute atomic E-state index is 11.8. The van der Waals surface area contributed by atoms with E-state index in [0.717, 1.165) is 36.1 Å². The smallest absolute Gasteiger partial charge is 0.185 e. The first-order chi connectivity index (χ1) is 9.49. The Labute approximate surface area is 120 Å². The lowest BCUT2D eigenvalue weighted by Crippen LogP contribution is -2.11. The zero-order valence-electron chi connectivity index (χ0n) is 11.9. The minimum Gasteiger partial charge on any atom is -0.490 e. The van der Waals surface area contributed by atoms with E-state index in [1.54, 1.807) is 6.07 Å². The van der Waals surface area contributed by atoms with Gasteiger partial charge in [-0.2, -0.15) is 0 Å². The molecule has 2 nitrogen and oxygen atoms in total. The summed E-state index contributed by atoms with van der Waals surface area (Å²) >= 11 is 0. The van der Waals surface area contributed by atoms with Crippen LogP contribution in [0.5, 0.6) is 5.75 Å². The summed E-state index contributed by atoms with van der Waals surface area (Å²) in [6, 6.07) is 5.54. The maximum atomic E-state index is 11.8. The number of carbonyl (C=O) groups is 1. The highest BCUT2D eigenvalue weighted by molar-refractivity contribution is 6.04. The SMILES string of the molecule is C=CC(=O)c1cc(O[C@H]2CCC(=C)C2)cc(C(=C)C)c1. The van der Waals surface area contributed by atoms with Crippen LogP contribution in [0.25, 0.3) is 5.57 Å². The number of rotatable bonds is 5. The molecule has 1 aromatic rings. The Kier molecular flexibility index (Phi) is 4.23. The lowest BCUT2D eigenvalue weighted by Gasteiger charge is -2.15. The van der Waals surface area contributed by atoms with E-state index in [1.807, 2.05) is 19.1 Å². The van der Waals surface area contributed by atoms with Gasteiger partial charge in [0, 0.05) is 12.0 Å². The molecular weight excluding hydrogens is 248 g/mol. The van der Waals surface area contributed by atoms with Crippen molar-refractivity contribution >= 4 is 11.4 Å². The lowest BCUT2D eigenvalue weighted by molar-refractivity contribution is 0.104. The van der Waals surface area contributed by atoms with Crippen LogP contribution >= 0.6 is 0 Å². The fourth-order valence-electron chi connectivity index (χ4n) is 2.36. The number of carbonyl (C=O) groups excluding carboxylic acids is 1. The highest BCUT2D eigenvalue weighted by Crippen LogP contribution is 2.29. The van der Waals surface area contributed by atoms with E-state index in [2.05, 4.69) is 19.7 Å². The summed E-state index contributed by atoms with van der Waals surface area (Å²) in [5.41, 5.74) is 3.65. The topological polar surface area (TPSA) is 26.3 Å². The monoisotopic (exact) mass is 268 g/mol. The molecule has 0 spiro atoms. The fraction of sp³-hybridized carbons (Fsp3) is 0.278. The predicted octanol–water partition coefficient (Wildman–Crippen LogP) is 4.58. The first-order valence-corrected chi connectivity index (χ1v) is 6.80. The third-order valence-corrected chi connectivity index (χ3v) is 3.51. The van der Waals surface area contributed by atoms with Gasteiger partial charge in [-0.05, 0) is 49.6 Å². The Morgan fingerprint density at radius 2 is 2.05 bits per heavy atom. The summed E-state index contributed by atoms with van der Waals surface area (Å²) in [6.45, 7) is 13.4. The van der Waals surface area contributed by atoms with E-state index >= 15 is 0 Å². The molecule has 2 rings (SSSR count). The van der Waals surface area contributed by atoms with Gasteiger partial charge in [0.05, 0.1) is 0 Å². The average Bonchev–Trinajstić information content (AvgIpc) is 2.82. The minimum atomic E-state index is -0.103. The lowest BCUT2D eigenvalue weighted by atomic mass is 10.0. The summed E-state index contributed by atoms with van der Waals surface area (Å²) in [5, 5.41) is 0. The summed E-state index contributed by atoms with van der Waals surface area (Å²) in [4.78, 5) is 11.8. The summed E-state index contributed by atoms with van der Waals surface area (Å²) in [7, 11) is 0. The van der Waals surface area contributed by atoms with Crippen molar-refractivity contribution in [3.63, 3.8) is 0 Å². The largest absolute Gasteiger partial charge is 0.490 e. The van der Waals surface area contributed by atoms with Crippen molar-refractivity contribution in [3.8, 4) is 5.75 Å². The van der Waals surface area contributed by atoms with Crippen molar-refractivity contribution in [2.24, 2.45) is 0 Å². The van der Waals surface area contributed by atoms with Crippen LogP contribution in [0.4, 0.5) is 0 Å². The van der Waals surface area contributed by atoms with E-state index in [9.17, 15) is 4.79 Å². The van der Waals surface area contributed by atoms with Crippen LogP contribution in [0.15, 0.2) is 49.6 Å². The molecule has 2 heteroatoms. The molecule has 0 heterocycles. The van der Waals surface area contributed by atoms with Gasteiger partial charge >= 0.3 is 0 Å². The molecule has 0 N–H and O–H groups in total. The molecule has 0 aliphatic heterocycles. The third kappa shape index (κ3) is 3.27. The quantitative estimate of drug-likeness (QED) is 0.444. The molecule has 104 valence electrons. The van der Waals surface area contributed by atoms with Gasteiger partial charge in [-0.1, -0.05) is 30.9 Å². The van der Waals surface area contributed by atoms with Gasteiger partial charge in [0.15, 0.2) is 5.78 Å². The van der Waals surface area contributed by atoms with Gasteiger partial charge in [-0.15, -0.1) is 0 Å². The molecule has 20 heavy (non-hydrogen) atoms. The summed E-state index contributed by atoms with van der Waals surface area (Å²) in [6.07, 6.45) is 4.37. The van der Waals surface area contributed by atoms with Crippen molar-refractivity contribution < 1.29 is 9.53 Å². The molecule has 0 aromatic heterocycles. The number of allylic oxidation sites excluding steroid dienone is 2. The summed E-state index contributed by atoms with van der Waals surface area (Å²) < 4.78 is 5.98. The van der Waals surface area contributed by atoms with Crippen LogP contribution in [-0.2, 0) is 0 Å². The van der Waals surface area contributed by atoms with E-state index in [1.165, 1.54) is 11.6 Å². The maximum Gasteiger partial charge on any atom is 0.185 e. The van der Waals surface area contributed by atoms with Crippen LogP contribution in [-0.4, -0.2) is 11.9 Å². The van der Waals surface area contributed by atoms with E-state index in [-0.39, 0.29) is 11.9 Å². The zero-order valence-corrected chi connectivity index (χ0v) is 11.9. The van der Waals surface area contributed by atoms with Crippen molar-refractivity contribution in [3.05, 3.63) is 60.7 Å². The van der Waals surface area contributed by atoms with Crippen molar-refractivity contribution in [1.29, 1.82) is 0 Å². The zero-order chi connectivity index (χ0) is 14.7. The average molecular weight is 268 g/mol. The van der Waals surface area contributed by atoms with Gasteiger partial charge in [0.25, 0.3) is 0 Å². The highest BCUT2D eigenvalue weighted by Gasteiger charge is 2.20. The van der Waals surface area contributed by atoms with Crippen LogP contribution in [0.3, 0.4) is 0 Å². The van der Waals surface area contributed by atoms with Gasteiger partial charge in [-0.3, -0.25) is 4.79 Å². The number of hydrogen-bond acceptors (Lipinski definition) is 2. The second-order valence-corrected chi connectivity index (χ2v) is 5.33. The second-order valence-electron chi connectivity index (χ2n) is 5.33. The first kappa shape index (κ1) is 14.3. The Morgan fingerprint density at radius 3 is 2.60 bits per heavy atom. The molecule has 0 bridgehead atoms. The number of ketones is 1. The van der Waals surface area contributed by atoms with Crippen molar-refractivity contribution in [2.75, 3.05) is 0 Å². The Bertz CT molecular complexity index is 581. The van der Waals surface area contributed by atoms with Crippen LogP contribution < -0.4 is 4.74 Å². The predicted molar refractivity (Wildman–Crippen MR) is 83.1 cm³/mol. The highest BCUT2D eigenvalue weighted by atomic mass is 16.5. The molecule has 0 radical (unpaired) electrons. The number of hydrogen-bond donors (Lipinski definition) is 0. The van der Waals surface area contributed by atoms with Crippen LogP contribution in [0.2, 0.25) is 0 Å². The van der Waals surface area contributed by atoms with Gasteiger partial charge in [-0.25, -0.2) is 0 Å². The molecule has 1 aliphatic rings.